The third-order valence-electron chi connectivity index (χ3n) is 4.34. The third-order valence-corrected chi connectivity index (χ3v) is 5.21. The van der Waals surface area contributed by atoms with Crippen molar-refractivity contribution in [3.05, 3.63) is 23.4 Å². The van der Waals surface area contributed by atoms with Gasteiger partial charge in [-0.15, -0.1) is 11.3 Å². The smallest absolute Gasteiger partial charge is 0.244 e. The van der Waals surface area contributed by atoms with Crippen LogP contribution in [-0.2, 0) is 4.79 Å². The van der Waals surface area contributed by atoms with E-state index < -0.39 is 0 Å². The fourth-order valence-electron chi connectivity index (χ4n) is 2.82. The van der Waals surface area contributed by atoms with Crippen LogP contribution < -0.4 is 5.32 Å². The van der Waals surface area contributed by atoms with E-state index in [-0.39, 0.29) is 11.9 Å². The normalized spacial score (nSPS) is 17.2. The highest BCUT2D eigenvalue weighted by Gasteiger charge is 2.27. The second-order valence-electron chi connectivity index (χ2n) is 5.88. The lowest BCUT2D eigenvalue weighted by Gasteiger charge is -2.36. The summed E-state index contributed by atoms with van der Waals surface area (Å²) >= 11 is 1.60. The molecule has 7 nitrogen and oxygen atoms in total. The maximum Gasteiger partial charge on any atom is 0.244 e. The molecule has 1 fully saturated rings. The fourth-order valence-corrected chi connectivity index (χ4v) is 3.46. The molecule has 2 aromatic heterocycles. The second kappa shape index (κ2) is 7.87. The van der Waals surface area contributed by atoms with Crippen molar-refractivity contribution in [2.75, 3.05) is 39.8 Å². The van der Waals surface area contributed by atoms with Crippen molar-refractivity contribution in [1.29, 1.82) is 0 Å². The maximum absolute atomic E-state index is 12.1. The molecule has 3 heterocycles. The van der Waals surface area contributed by atoms with Crippen LogP contribution in [0.15, 0.2) is 22.0 Å². The number of carbonyl (C=O) groups is 1. The molecule has 0 saturated carbocycles. The summed E-state index contributed by atoms with van der Waals surface area (Å²) in [6.45, 7) is 5.94. The monoisotopic (exact) mass is 349 g/mol. The highest BCUT2D eigenvalue weighted by Crippen LogP contribution is 2.25. The number of hydrogen-bond donors (Lipinski definition) is 1. The van der Waals surface area contributed by atoms with Gasteiger partial charge in [0.05, 0.1) is 10.9 Å². The summed E-state index contributed by atoms with van der Waals surface area (Å²) in [4.78, 5) is 21.8. The Morgan fingerprint density at radius 1 is 1.42 bits per heavy atom. The molecule has 1 atom stereocenters. The first-order valence-electron chi connectivity index (χ1n) is 8.23. The lowest BCUT2D eigenvalue weighted by molar-refractivity contribution is -0.133. The number of thiophene rings is 1. The number of nitrogens with one attached hydrogen (secondary N) is 1. The van der Waals surface area contributed by atoms with Crippen molar-refractivity contribution >= 4 is 17.2 Å². The van der Waals surface area contributed by atoms with Crippen molar-refractivity contribution in [2.45, 2.75) is 19.4 Å². The number of carbonyl (C=O) groups excluding carboxylic acids is 1. The van der Waals surface area contributed by atoms with Gasteiger partial charge in [-0.05, 0) is 25.4 Å². The van der Waals surface area contributed by atoms with Gasteiger partial charge in [-0.2, -0.15) is 4.98 Å². The number of piperazine rings is 1. The van der Waals surface area contributed by atoms with Gasteiger partial charge < -0.3 is 14.7 Å². The minimum atomic E-state index is 0.0563. The van der Waals surface area contributed by atoms with Gasteiger partial charge in [0.25, 0.3) is 0 Å². The van der Waals surface area contributed by atoms with Crippen molar-refractivity contribution < 1.29 is 9.32 Å². The summed E-state index contributed by atoms with van der Waals surface area (Å²) in [5, 5.41) is 9.09. The molecule has 0 aliphatic carbocycles. The molecule has 2 aromatic rings. The molecule has 0 aromatic carbocycles. The Labute approximate surface area is 145 Å². The Morgan fingerprint density at radius 3 is 2.88 bits per heavy atom. The fraction of sp³-hybridized carbons (Fsp3) is 0.562. The standard InChI is InChI=1S/C16H23N5O2S/c1-12(16-18-15(19-23-16)13-4-3-11-24-13)20-7-9-21(10-8-20)14(22)5-6-17-2/h3-4,11-12,17H,5-10H2,1-2H3. The zero-order valence-corrected chi connectivity index (χ0v) is 14.9. The summed E-state index contributed by atoms with van der Waals surface area (Å²) in [5.41, 5.74) is 0. The molecule has 1 saturated heterocycles. The highest BCUT2D eigenvalue weighted by molar-refractivity contribution is 7.13. The van der Waals surface area contributed by atoms with Gasteiger partial charge in [-0.3, -0.25) is 9.69 Å². The summed E-state index contributed by atoms with van der Waals surface area (Å²) in [6, 6.07) is 4.02. The Kier molecular flexibility index (Phi) is 5.60. The zero-order valence-electron chi connectivity index (χ0n) is 14.1. The van der Waals surface area contributed by atoms with Gasteiger partial charge in [-0.25, -0.2) is 0 Å². The van der Waals surface area contributed by atoms with Crippen LogP contribution >= 0.6 is 11.3 Å². The molecule has 3 rings (SSSR count). The molecule has 0 bridgehead atoms. The lowest BCUT2D eigenvalue weighted by Crippen LogP contribution is -2.49. The second-order valence-corrected chi connectivity index (χ2v) is 6.83. The van der Waals surface area contributed by atoms with E-state index in [1.807, 2.05) is 29.5 Å². The quantitative estimate of drug-likeness (QED) is 0.854. The summed E-state index contributed by atoms with van der Waals surface area (Å²) in [7, 11) is 1.86. The Bertz CT molecular complexity index is 649. The van der Waals surface area contributed by atoms with Crippen LogP contribution in [0.25, 0.3) is 10.7 Å². The molecule has 8 heteroatoms. The molecule has 1 amide bonds. The first kappa shape index (κ1) is 17.1. The first-order chi connectivity index (χ1) is 11.7. The van der Waals surface area contributed by atoms with E-state index in [1.165, 1.54) is 0 Å². The lowest BCUT2D eigenvalue weighted by atomic mass is 10.2. The van der Waals surface area contributed by atoms with Gasteiger partial charge in [0.15, 0.2) is 0 Å². The molecule has 130 valence electrons. The summed E-state index contributed by atoms with van der Waals surface area (Å²) in [5.74, 6) is 1.50. The third kappa shape index (κ3) is 3.82. The van der Waals surface area contributed by atoms with Crippen LogP contribution in [0.2, 0.25) is 0 Å². The van der Waals surface area contributed by atoms with E-state index in [9.17, 15) is 4.79 Å². The van der Waals surface area contributed by atoms with Crippen molar-refractivity contribution in [2.24, 2.45) is 0 Å². The van der Waals surface area contributed by atoms with E-state index in [2.05, 4.69) is 27.3 Å². The highest BCUT2D eigenvalue weighted by atomic mass is 32.1. The molecule has 0 spiro atoms. The van der Waals surface area contributed by atoms with Crippen molar-refractivity contribution in [1.82, 2.24) is 25.3 Å². The molecule has 1 aliphatic heterocycles. The number of nitrogens with zero attached hydrogens (tertiary/aromatic N) is 4. The van der Waals surface area contributed by atoms with E-state index in [4.69, 9.17) is 4.52 Å². The van der Waals surface area contributed by atoms with Crippen LogP contribution in [0.5, 0.6) is 0 Å². The number of aromatic nitrogens is 2. The van der Waals surface area contributed by atoms with Gasteiger partial charge >= 0.3 is 0 Å². The molecule has 0 radical (unpaired) electrons. The van der Waals surface area contributed by atoms with Gasteiger partial charge in [0.2, 0.25) is 17.6 Å². The Hall–Kier alpha value is -1.77. The van der Waals surface area contributed by atoms with Gasteiger partial charge in [0, 0.05) is 39.1 Å². The van der Waals surface area contributed by atoms with Crippen LogP contribution in [0.1, 0.15) is 25.3 Å². The van der Waals surface area contributed by atoms with Gasteiger partial charge in [0.1, 0.15) is 0 Å². The number of hydrogen-bond acceptors (Lipinski definition) is 7. The van der Waals surface area contributed by atoms with Crippen molar-refractivity contribution in [3.63, 3.8) is 0 Å². The zero-order chi connectivity index (χ0) is 16.9. The van der Waals surface area contributed by atoms with E-state index in [1.54, 1.807) is 11.3 Å². The summed E-state index contributed by atoms with van der Waals surface area (Å²) in [6.07, 6.45) is 0.555. The SMILES string of the molecule is CNCCC(=O)N1CCN(C(C)c2nc(-c3cccs3)no2)CC1. The Balaban J connectivity index is 1.55. The molecule has 1 aliphatic rings. The number of amides is 1. The van der Waals surface area contributed by atoms with Crippen LogP contribution in [0.3, 0.4) is 0 Å². The largest absolute Gasteiger partial charge is 0.340 e. The van der Waals surface area contributed by atoms with Crippen LogP contribution in [0.4, 0.5) is 0 Å². The summed E-state index contributed by atoms with van der Waals surface area (Å²) < 4.78 is 5.45. The van der Waals surface area contributed by atoms with Crippen LogP contribution in [-0.4, -0.2) is 65.6 Å². The molecule has 24 heavy (non-hydrogen) atoms. The van der Waals surface area contributed by atoms with Crippen LogP contribution in [0, 0.1) is 0 Å². The molecule has 1 N–H and O–H groups in total. The molecular weight excluding hydrogens is 326 g/mol. The minimum absolute atomic E-state index is 0.0563. The Morgan fingerprint density at radius 2 is 2.21 bits per heavy atom. The predicted molar refractivity (Wildman–Crippen MR) is 92.7 cm³/mol. The maximum atomic E-state index is 12.1. The van der Waals surface area contributed by atoms with Gasteiger partial charge in [-0.1, -0.05) is 11.2 Å². The van der Waals surface area contributed by atoms with E-state index in [0.29, 0.717) is 18.1 Å². The average Bonchev–Trinajstić information content (AvgIpc) is 3.30. The predicted octanol–water partition coefficient (Wildman–Crippen LogP) is 1.61. The number of rotatable bonds is 6. The van der Waals surface area contributed by atoms with Crippen molar-refractivity contribution in [3.8, 4) is 10.7 Å². The first-order valence-corrected chi connectivity index (χ1v) is 9.11. The minimum Gasteiger partial charge on any atom is -0.340 e. The topological polar surface area (TPSA) is 74.5 Å². The molecule has 1 unspecified atom stereocenters. The van der Waals surface area contributed by atoms with E-state index in [0.717, 1.165) is 37.6 Å². The van der Waals surface area contributed by atoms with E-state index >= 15 is 0 Å². The average molecular weight is 349 g/mol. The molecular formula is C16H23N5O2S.